The molecule has 1 fully saturated rings. The van der Waals surface area contributed by atoms with Gasteiger partial charge in [-0.15, -0.1) is 0 Å². The Bertz CT molecular complexity index is 1080. The molecule has 0 bridgehead atoms. The van der Waals surface area contributed by atoms with E-state index in [1.54, 1.807) is 18.3 Å². The lowest BCUT2D eigenvalue weighted by Gasteiger charge is -2.26. The van der Waals surface area contributed by atoms with Crippen molar-refractivity contribution in [1.82, 2.24) is 15.2 Å². The Balaban J connectivity index is 0.00000176. The van der Waals surface area contributed by atoms with Crippen LogP contribution < -0.4 is 10.1 Å². The van der Waals surface area contributed by atoms with Gasteiger partial charge in [0.2, 0.25) is 0 Å². The molecule has 0 amide bonds. The van der Waals surface area contributed by atoms with Gasteiger partial charge in [-0.25, -0.2) is 8.78 Å². The van der Waals surface area contributed by atoms with Crippen LogP contribution in [-0.4, -0.2) is 49.3 Å². The van der Waals surface area contributed by atoms with Crippen LogP contribution in [0.5, 0.6) is 5.75 Å². The Morgan fingerprint density at radius 2 is 1.72 bits per heavy atom. The Hall–Kier alpha value is -3.29. The summed E-state index contributed by atoms with van der Waals surface area (Å²) in [6, 6.07) is 14.9. The summed E-state index contributed by atoms with van der Waals surface area (Å²) in [4.78, 5) is 6.76. The highest BCUT2D eigenvalue weighted by molar-refractivity contribution is 5.62. The lowest BCUT2D eigenvalue weighted by atomic mass is 10.1. The zero-order valence-corrected chi connectivity index (χ0v) is 21.1. The van der Waals surface area contributed by atoms with Crippen LogP contribution in [0.15, 0.2) is 73.1 Å². The van der Waals surface area contributed by atoms with E-state index in [9.17, 15) is 8.78 Å². The lowest BCUT2D eigenvalue weighted by molar-refractivity contribution is 0.0322. The summed E-state index contributed by atoms with van der Waals surface area (Å²) in [5.41, 5.74) is 4.24. The van der Waals surface area contributed by atoms with E-state index in [1.165, 1.54) is 24.3 Å². The Labute approximate surface area is 212 Å². The summed E-state index contributed by atoms with van der Waals surface area (Å²) in [6.45, 7) is 13.1. The van der Waals surface area contributed by atoms with Crippen molar-refractivity contribution in [2.24, 2.45) is 0 Å². The molecule has 1 aliphatic heterocycles. The number of rotatable bonds is 10. The van der Waals surface area contributed by atoms with Crippen LogP contribution in [0.25, 0.3) is 11.1 Å². The molecule has 4 rings (SSSR count). The number of aromatic nitrogens is 1. The maximum atomic E-state index is 14.1. The SMILES string of the molecule is C=C(Cc1ccc(-c2ccc(F)cc2)cn1)NCc1cc(F)cc(OCCN2CCOCC2)c1.CC. The standard InChI is InChI=1S/C27H29F2N3O2.C2H6/c1-20(14-26-7-4-23(19-31-26)22-2-5-24(28)6-3-22)30-18-21-15-25(29)17-27(16-21)34-13-10-32-8-11-33-12-9-32;1-2/h2-7,15-17,19,30H,1,8-14,18H2;1-2H3. The number of nitrogens with one attached hydrogen (secondary N) is 1. The van der Waals surface area contributed by atoms with Crippen LogP contribution in [0, 0.1) is 11.6 Å². The van der Waals surface area contributed by atoms with E-state index in [0.29, 0.717) is 25.3 Å². The number of halogens is 2. The quantitative estimate of drug-likeness (QED) is 0.396. The first-order chi connectivity index (χ1) is 17.5. The molecule has 3 aromatic rings. The summed E-state index contributed by atoms with van der Waals surface area (Å²) in [5, 5.41) is 3.24. The molecule has 0 saturated carbocycles. The van der Waals surface area contributed by atoms with Crippen LogP contribution in [0.3, 0.4) is 0 Å². The third kappa shape index (κ3) is 8.73. The molecule has 0 radical (unpaired) electrons. The van der Waals surface area contributed by atoms with Crippen LogP contribution >= 0.6 is 0 Å². The number of morpholine rings is 1. The Kier molecular flexibility index (Phi) is 10.9. The second-order valence-corrected chi connectivity index (χ2v) is 8.28. The highest BCUT2D eigenvalue weighted by Gasteiger charge is 2.10. The molecule has 0 unspecified atom stereocenters. The predicted molar refractivity (Wildman–Crippen MR) is 140 cm³/mol. The second kappa shape index (κ2) is 14.3. The van der Waals surface area contributed by atoms with Crippen LogP contribution in [-0.2, 0) is 17.7 Å². The molecule has 0 aliphatic carbocycles. The third-order valence-corrected chi connectivity index (χ3v) is 5.65. The van der Waals surface area contributed by atoms with Gasteiger partial charge in [-0.1, -0.05) is 38.6 Å². The largest absolute Gasteiger partial charge is 0.492 e. The highest BCUT2D eigenvalue weighted by atomic mass is 19.1. The van der Waals surface area contributed by atoms with Crippen molar-refractivity contribution in [2.75, 3.05) is 39.5 Å². The van der Waals surface area contributed by atoms with E-state index in [1.807, 2.05) is 32.0 Å². The summed E-state index contributed by atoms with van der Waals surface area (Å²) in [5.74, 6) is -0.0706. The smallest absolute Gasteiger partial charge is 0.127 e. The zero-order chi connectivity index (χ0) is 25.8. The van der Waals surface area contributed by atoms with Crippen molar-refractivity contribution in [1.29, 1.82) is 0 Å². The number of pyridine rings is 1. The number of ether oxygens (including phenoxy) is 2. The van der Waals surface area contributed by atoms with Gasteiger partial charge >= 0.3 is 0 Å². The summed E-state index contributed by atoms with van der Waals surface area (Å²) < 4.78 is 38.3. The normalized spacial score (nSPS) is 13.4. The van der Waals surface area contributed by atoms with Crippen molar-refractivity contribution in [3.8, 4) is 16.9 Å². The minimum Gasteiger partial charge on any atom is -0.492 e. The number of hydrogen-bond acceptors (Lipinski definition) is 5. The summed E-state index contributed by atoms with van der Waals surface area (Å²) in [7, 11) is 0. The highest BCUT2D eigenvalue weighted by Crippen LogP contribution is 2.20. The molecule has 0 atom stereocenters. The van der Waals surface area contributed by atoms with Gasteiger partial charge in [-0.05, 0) is 41.5 Å². The lowest BCUT2D eigenvalue weighted by Crippen LogP contribution is -2.38. The molecule has 1 N–H and O–H groups in total. The summed E-state index contributed by atoms with van der Waals surface area (Å²) >= 11 is 0. The number of nitrogens with zero attached hydrogens (tertiary/aromatic N) is 2. The maximum Gasteiger partial charge on any atom is 0.127 e. The zero-order valence-electron chi connectivity index (χ0n) is 21.1. The number of benzene rings is 2. The number of allylic oxidation sites excluding steroid dienone is 1. The monoisotopic (exact) mass is 495 g/mol. The molecule has 2 heterocycles. The molecular formula is C29H35F2N3O2. The van der Waals surface area contributed by atoms with Gasteiger partial charge in [-0.3, -0.25) is 9.88 Å². The van der Waals surface area contributed by atoms with Gasteiger partial charge in [0.1, 0.15) is 24.0 Å². The predicted octanol–water partition coefficient (Wildman–Crippen LogP) is 5.61. The van der Waals surface area contributed by atoms with E-state index in [-0.39, 0.29) is 11.6 Å². The van der Waals surface area contributed by atoms with Crippen molar-refractivity contribution >= 4 is 0 Å². The van der Waals surface area contributed by atoms with Gasteiger partial charge in [0.15, 0.2) is 0 Å². The van der Waals surface area contributed by atoms with Gasteiger partial charge < -0.3 is 14.8 Å². The van der Waals surface area contributed by atoms with Crippen molar-refractivity contribution in [3.63, 3.8) is 0 Å². The Morgan fingerprint density at radius 3 is 2.42 bits per heavy atom. The third-order valence-electron chi connectivity index (χ3n) is 5.65. The summed E-state index contributed by atoms with van der Waals surface area (Å²) in [6.07, 6.45) is 2.31. The molecule has 7 heteroatoms. The van der Waals surface area contributed by atoms with E-state index in [2.05, 4.69) is 21.8 Å². The van der Waals surface area contributed by atoms with Crippen molar-refractivity contribution < 1.29 is 18.3 Å². The van der Waals surface area contributed by atoms with E-state index < -0.39 is 0 Å². The average molecular weight is 496 g/mol. The van der Waals surface area contributed by atoms with E-state index >= 15 is 0 Å². The van der Waals surface area contributed by atoms with Gasteiger partial charge in [0.05, 0.1) is 13.2 Å². The minimum atomic E-state index is -0.329. The van der Waals surface area contributed by atoms with Gasteiger partial charge in [0, 0.05) is 61.8 Å². The molecule has 0 spiro atoms. The minimum absolute atomic E-state index is 0.263. The van der Waals surface area contributed by atoms with Gasteiger partial charge in [0.25, 0.3) is 0 Å². The number of hydrogen-bond donors (Lipinski definition) is 1. The Morgan fingerprint density at radius 1 is 1.00 bits per heavy atom. The fraction of sp³-hybridized carbons (Fsp3) is 0.345. The first kappa shape index (κ1) is 27.3. The molecule has 1 saturated heterocycles. The molecule has 192 valence electrons. The van der Waals surface area contributed by atoms with Crippen LogP contribution in [0.2, 0.25) is 0 Å². The van der Waals surface area contributed by atoms with Gasteiger partial charge in [-0.2, -0.15) is 0 Å². The fourth-order valence-corrected chi connectivity index (χ4v) is 3.77. The fourth-order valence-electron chi connectivity index (χ4n) is 3.77. The van der Waals surface area contributed by atoms with E-state index in [4.69, 9.17) is 9.47 Å². The molecule has 36 heavy (non-hydrogen) atoms. The molecule has 1 aromatic heterocycles. The molecule has 1 aliphatic rings. The second-order valence-electron chi connectivity index (χ2n) is 8.28. The first-order valence-corrected chi connectivity index (χ1v) is 12.4. The molecule has 2 aromatic carbocycles. The maximum absolute atomic E-state index is 14.1. The molecular weight excluding hydrogens is 460 g/mol. The topological polar surface area (TPSA) is 46.6 Å². The first-order valence-electron chi connectivity index (χ1n) is 12.4. The van der Waals surface area contributed by atoms with E-state index in [0.717, 1.165) is 60.9 Å². The van der Waals surface area contributed by atoms with Crippen molar-refractivity contribution in [3.05, 3.63) is 96.0 Å². The van der Waals surface area contributed by atoms with Crippen LogP contribution in [0.4, 0.5) is 8.78 Å². The molecule has 5 nitrogen and oxygen atoms in total. The average Bonchev–Trinajstić information content (AvgIpc) is 2.90. The van der Waals surface area contributed by atoms with Crippen molar-refractivity contribution in [2.45, 2.75) is 26.8 Å². The van der Waals surface area contributed by atoms with Crippen LogP contribution in [0.1, 0.15) is 25.1 Å².